The van der Waals surface area contributed by atoms with Crippen molar-refractivity contribution < 1.29 is 19.2 Å². The Labute approximate surface area is 115 Å². The first kappa shape index (κ1) is 12.7. The minimum Gasteiger partial charge on any atom is -0.508 e. The fourth-order valence-electron chi connectivity index (χ4n) is 2.07. The largest absolute Gasteiger partial charge is 0.508 e. The third-order valence-electron chi connectivity index (χ3n) is 3.18. The molecule has 1 aliphatic heterocycles. The van der Waals surface area contributed by atoms with Crippen molar-refractivity contribution in [1.29, 1.82) is 0 Å². The molecule has 6 nitrogen and oxygen atoms in total. The van der Waals surface area contributed by atoms with Crippen molar-refractivity contribution in [3.05, 3.63) is 36.0 Å². The van der Waals surface area contributed by atoms with E-state index in [1.54, 1.807) is 35.2 Å². The minimum absolute atomic E-state index is 0.151. The number of morpholine rings is 1. The third-order valence-corrected chi connectivity index (χ3v) is 3.18. The maximum Gasteiger partial charge on any atom is 0.276 e. The number of phenols is 1. The Morgan fingerprint density at radius 1 is 1.20 bits per heavy atom. The second kappa shape index (κ2) is 5.34. The fraction of sp³-hybridized carbons (Fsp3) is 0.286. The fourth-order valence-corrected chi connectivity index (χ4v) is 2.07. The van der Waals surface area contributed by atoms with E-state index in [4.69, 9.17) is 9.26 Å². The van der Waals surface area contributed by atoms with Gasteiger partial charge in [0.25, 0.3) is 5.91 Å². The van der Waals surface area contributed by atoms with Crippen LogP contribution in [0.2, 0.25) is 0 Å². The van der Waals surface area contributed by atoms with E-state index in [0.717, 1.165) is 5.56 Å². The maximum absolute atomic E-state index is 12.2. The van der Waals surface area contributed by atoms with Crippen LogP contribution in [0.1, 0.15) is 10.5 Å². The van der Waals surface area contributed by atoms with Crippen LogP contribution in [0.4, 0.5) is 0 Å². The predicted molar refractivity (Wildman–Crippen MR) is 70.3 cm³/mol. The third kappa shape index (κ3) is 2.50. The highest BCUT2D eigenvalue weighted by molar-refractivity contribution is 5.93. The van der Waals surface area contributed by atoms with Gasteiger partial charge in [0.05, 0.1) is 13.2 Å². The number of nitrogens with zero attached hydrogens (tertiary/aromatic N) is 2. The summed E-state index contributed by atoms with van der Waals surface area (Å²) in [7, 11) is 0. The molecule has 6 heteroatoms. The molecule has 3 rings (SSSR count). The van der Waals surface area contributed by atoms with Crippen LogP contribution in [0, 0.1) is 0 Å². The second-order valence-electron chi connectivity index (χ2n) is 4.53. The molecule has 20 heavy (non-hydrogen) atoms. The van der Waals surface area contributed by atoms with Crippen LogP contribution in [0.25, 0.3) is 11.3 Å². The lowest BCUT2D eigenvalue weighted by Crippen LogP contribution is -2.40. The molecule has 1 aliphatic rings. The Bertz CT molecular complexity index is 600. The van der Waals surface area contributed by atoms with E-state index in [1.165, 1.54) is 0 Å². The number of aromatic nitrogens is 1. The van der Waals surface area contributed by atoms with Gasteiger partial charge in [-0.25, -0.2) is 0 Å². The average Bonchev–Trinajstić information content (AvgIpc) is 2.98. The SMILES string of the molecule is O=C(c1cc(-c2ccc(O)cc2)on1)N1CCOCC1. The van der Waals surface area contributed by atoms with Crippen LogP contribution in [-0.2, 0) is 4.74 Å². The molecule has 0 radical (unpaired) electrons. The molecule has 0 bridgehead atoms. The summed E-state index contributed by atoms with van der Waals surface area (Å²) in [5.41, 5.74) is 1.05. The lowest BCUT2D eigenvalue weighted by molar-refractivity contribution is 0.0296. The number of benzene rings is 1. The summed E-state index contributed by atoms with van der Waals surface area (Å²) in [6.07, 6.45) is 0. The molecular formula is C14H14N2O4. The monoisotopic (exact) mass is 274 g/mol. The standard InChI is InChI=1S/C14H14N2O4/c17-11-3-1-10(2-4-11)13-9-12(15-20-13)14(18)16-5-7-19-8-6-16/h1-4,9,17H,5-8H2. The maximum atomic E-state index is 12.2. The van der Waals surface area contributed by atoms with Crippen molar-refractivity contribution in [3.63, 3.8) is 0 Å². The summed E-state index contributed by atoms with van der Waals surface area (Å²) < 4.78 is 10.4. The van der Waals surface area contributed by atoms with Gasteiger partial charge >= 0.3 is 0 Å². The molecule has 2 heterocycles. The van der Waals surface area contributed by atoms with Crippen molar-refractivity contribution >= 4 is 5.91 Å². The van der Waals surface area contributed by atoms with E-state index in [2.05, 4.69) is 5.16 Å². The van der Waals surface area contributed by atoms with E-state index in [-0.39, 0.29) is 17.4 Å². The molecule has 2 aromatic rings. The van der Waals surface area contributed by atoms with Crippen LogP contribution in [-0.4, -0.2) is 47.4 Å². The summed E-state index contributed by atoms with van der Waals surface area (Å²) >= 11 is 0. The summed E-state index contributed by atoms with van der Waals surface area (Å²) in [5.74, 6) is 0.529. The quantitative estimate of drug-likeness (QED) is 0.898. The predicted octanol–water partition coefficient (Wildman–Crippen LogP) is 1.52. The molecule has 0 spiro atoms. The first-order valence-corrected chi connectivity index (χ1v) is 6.37. The van der Waals surface area contributed by atoms with Crippen LogP contribution >= 0.6 is 0 Å². The highest BCUT2D eigenvalue weighted by Gasteiger charge is 2.22. The minimum atomic E-state index is -0.151. The summed E-state index contributed by atoms with van der Waals surface area (Å²) in [6.45, 7) is 2.24. The first-order valence-electron chi connectivity index (χ1n) is 6.37. The van der Waals surface area contributed by atoms with Gasteiger partial charge in [0.1, 0.15) is 5.75 Å². The number of rotatable bonds is 2. The van der Waals surface area contributed by atoms with Crippen molar-refractivity contribution in [3.8, 4) is 17.1 Å². The lowest BCUT2D eigenvalue weighted by Gasteiger charge is -2.25. The van der Waals surface area contributed by atoms with Crippen LogP contribution in [0.5, 0.6) is 5.75 Å². The molecule has 0 aliphatic carbocycles. The molecule has 1 saturated heterocycles. The molecule has 1 fully saturated rings. The number of carbonyl (C=O) groups is 1. The van der Waals surface area contributed by atoms with Crippen LogP contribution < -0.4 is 0 Å². The highest BCUT2D eigenvalue weighted by Crippen LogP contribution is 2.23. The second-order valence-corrected chi connectivity index (χ2v) is 4.53. The number of hydrogen-bond donors (Lipinski definition) is 1. The zero-order valence-corrected chi connectivity index (χ0v) is 10.8. The van der Waals surface area contributed by atoms with Crippen molar-refractivity contribution in [2.45, 2.75) is 0 Å². The average molecular weight is 274 g/mol. The van der Waals surface area contributed by atoms with Gasteiger partial charge < -0.3 is 19.3 Å². The Kier molecular flexibility index (Phi) is 3.39. The molecule has 1 aromatic heterocycles. The van der Waals surface area contributed by atoms with Crippen LogP contribution in [0.15, 0.2) is 34.9 Å². The van der Waals surface area contributed by atoms with Gasteiger partial charge in [0.15, 0.2) is 11.5 Å². The van der Waals surface area contributed by atoms with Crippen molar-refractivity contribution in [1.82, 2.24) is 10.1 Å². The van der Waals surface area contributed by atoms with E-state index in [9.17, 15) is 9.90 Å². The zero-order valence-electron chi connectivity index (χ0n) is 10.8. The van der Waals surface area contributed by atoms with E-state index in [0.29, 0.717) is 32.1 Å². The number of carbonyl (C=O) groups excluding carboxylic acids is 1. The van der Waals surface area contributed by atoms with E-state index >= 15 is 0 Å². The van der Waals surface area contributed by atoms with Gasteiger partial charge in [-0.15, -0.1) is 0 Å². The van der Waals surface area contributed by atoms with E-state index in [1.807, 2.05) is 0 Å². The lowest BCUT2D eigenvalue weighted by atomic mass is 10.1. The Morgan fingerprint density at radius 3 is 2.60 bits per heavy atom. The number of phenolic OH excluding ortho intramolecular Hbond substituents is 1. The smallest absolute Gasteiger partial charge is 0.276 e. The Hall–Kier alpha value is -2.34. The van der Waals surface area contributed by atoms with Crippen molar-refractivity contribution in [2.24, 2.45) is 0 Å². The van der Waals surface area contributed by atoms with Gasteiger partial charge in [-0.1, -0.05) is 5.16 Å². The first-order chi connectivity index (χ1) is 9.74. The molecule has 1 aromatic carbocycles. The van der Waals surface area contributed by atoms with Gasteiger partial charge in [0.2, 0.25) is 0 Å². The highest BCUT2D eigenvalue weighted by atomic mass is 16.5. The van der Waals surface area contributed by atoms with E-state index < -0.39 is 0 Å². The number of amides is 1. The number of aromatic hydroxyl groups is 1. The van der Waals surface area contributed by atoms with Gasteiger partial charge in [0, 0.05) is 24.7 Å². The molecule has 0 unspecified atom stereocenters. The number of ether oxygens (including phenoxy) is 1. The van der Waals surface area contributed by atoms with Gasteiger partial charge in [-0.2, -0.15) is 0 Å². The Morgan fingerprint density at radius 2 is 1.90 bits per heavy atom. The molecule has 1 N–H and O–H groups in total. The Balaban J connectivity index is 1.79. The summed E-state index contributed by atoms with van der Waals surface area (Å²) in [6, 6.07) is 8.14. The normalized spacial score (nSPS) is 15.3. The van der Waals surface area contributed by atoms with Crippen molar-refractivity contribution in [2.75, 3.05) is 26.3 Å². The summed E-state index contributed by atoms with van der Waals surface area (Å²) in [4.78, 5) is 13.9. The topological polar surface area (TPSA) is 75.8 Å². The number of hydrogen-bond acceptors (Lipinski definition) is 5. The molecule has 0 saturated carbocycles. The summed E-state index contributed by atoms with van der Waals surface area (Å²) in [5, 5.41) is 13.1. The van der Waals surface area contributed by atoms with Gasteiger partial charge in [-0.05, 0) is 24.3 Å². The molecule has 0 atom stereocenters. The zero-order chi connectivity index (χ0) is 13.9. The molecule has 104 valence electrons. The van der Waals surface area contributed by atoms with Crippen LogP contribution in [0.3, 0.4) is 0 Å². The molecular weight excluding hydrogens is 260 g/mol. The molecule has 1 amide bonds. The van der Waals surface area contributed by atoms with Gasteiger partial charge in [-0.3, -0.25) is 4.79 Å².